The number of hydrogen-bond donors (Lipinski definition) is 1. The van der Waals surface area contributed by atoms with Crippen LogP contribution < -0.4 is 5.56 Å². The van der Waals surface area contributed by atoms with Crippen LogP contribution in [0.25, 0.3) is 0 Å². The van der Waals surface area contributed by atoms with E-state index in [1.165, 1.54) is 42.2 Å². The van der Waals surface area contributed by atoms with Crippen LogP contribution in [0.2, 0.25) is 0 Å². The molecule has 1 aliphatic heterocycles. The highest BCUT2D eigenvalue weighted by Crippen LogP contribution is 2.12. The Morgan fingerprint density at radius 1 is 1.32 bits per heavy atom. The molecule has 0 radical (unpaired) electrons. The molecule has 104 valence electrons. The van der Waals surface area contributed by atoms with Crippen LogP contribution in [0.3, 0.4) is 0 Å². The largest absolute Gasteiger partial charge is 0.478 e. The van der Waals surface area contributed by atoms with Gasteiger partial charge in [0.2, 0.25) is 0 Å². The normalized spacial score (nSPS) is 18.2. The SMILES string of the molecule is CC(Cn1cc(C(=O)O)ccc1=O)N1CCCCC1. The number of carboxylic acid groups (broad SMARTS) is 1. The van der Waals surface area contributed by atoms with E-state index >= 15 is 0 Å². The van der Waals surface area contributed by atoms with Gasteiger partial charge in [0.25, 0.3) is 5.56 Å². The Hall–Kier alpha value is -1.62. The van der Waals surface area contributed by atoms with Gasteiger partial charge in [-0.15, -0.1) is 0 Å². The Bertz CT molecular complexity index is 504. The van der Waals surface area contributed by atoms with Gasteiger partial charge in [-0.1, -0.05) is 6.42 Å². The number of hydrogen-bond acceptors (Lipinski definition) is 3. The molecule has 1 saturated heterocycles. The predicted molar refractivity (Wildman–Crippen MR) is 72.5 cm³/mol. The number of pyridine rings is 1. The zero-order chi connectivity index (χ0) is 13.8. The number of aromatic nitrogens is 1. The number of carbonyl (C=O) groups is 1. The second-order valence-electron chi connectivity index (χ2n) is 5.16. The molecule has 2 rings (SSSR count). The van der Waals surface area contributed by atoms with Crippen molar-refractivity contribution in [3.8, 4) is 0 Å². The van der Waals surface area contributed by atoms with Crippen molar-refractivity contribution in [3.63, 3.8) is 0 Å². The van der Waals surface area contributed by atoms with Crippen LogP contribution in [-0.4, -0.2) is 39.7 Å². The van der Waals surface area contributed by atoms with E-state index in [4.69, 9.17) is 5.11 Å². The molecule has 0 spiro atoms. The number of piperidine rings is 1. The summed E-state index contributed by atoms with van der Waals surface area (Å²) in [5.41, 5.74) is 0.0132. The molecule has 5 nitrogen and oxygen atoms in total. The molecule has 2 heterocycles. The van der Waals surface area contributed by atoms with Gasteiger partial charge in [0.15, 0.2) is 0 Å². The quantitative estimate of drug-likeness (QED) is 0.893. The van der Waals surface area contributed by atoms with E-state index in [1.54, 1.807) is 0 Å². The van der Waals surface area contributed by atoms with Gasteiger partial charge in [-0.25, -0.2) is 4.79 Å². The summed E-state index contributed by atoms with van der Waals surface area (Å²) < 4.78 is 1.50. The van der Waals surface area contributed by atoms with Crippen molar-refractivity contribution in [1.29, 1.82) is 0 Å². The molecule has 1 N–H and O–H groups in total. The summed E-state index contributed by atoms with van der Waals surface area (Å²) in [4.78, 5) is 25.1. The second-order valence-corrected chi connectivity index (χ2v) is 5.16. The van der Waals surface area contributed by atoms with Crippen molar-refractivity contribution in [1.82, 2.24) is 9.47 Å². The standard InChI is InChI=1S/C14H20N2O3/c1-11(15-7-3-2-4-8-15)9-16-10-12(14(18)19)5-6-13(16)17/h5-6,10-11H,2-4,7-9H2,1H3,(H,18,19). The topological polar surface area (TPSA) is 62.5 Å². The highest BCUT2D eigenvalue weighted by Gasteiger charge is 2.17. The first-order chi connectivity index (χ1) is 9.08. The molecule has 1 fully saturated rings. The molecule has 0 aliphatic carbocycles. The van der Waals surface area contributed by atoms with Crippen LogP contribution in [-0.2, 0) is 6.54 Å². The van der Waals surface area contributed by atoms with Crippen molar-refractivity contribution in [2.24, 2.45) is 0 Å². The van der Waals surface area contributed by atoms with E-state index in [2.05, 4.69) is 11.8 Å². The van der Waals surface area contributed by atoms with Crippen LogP contribution in [0.4, 0.5) is 0 Å². The van der Waals surface area contributed by atoms with E-state index < -0.39 is 5.97 Å². The van der Waals surface area contributed by atoms with E-state index in [-0.39, 0.29) is 17.2 Å². The lowest BCUT2D eigenvalue weighted by molar-refractivity contribution is 0.0695. The minimum absolute atomic E-state index is 0.145. The van der Waals surface area contributed by atoms with E-state index in [1.807, 2.05) is 0 Å². The summed E-state index contributed by atoms with van der Waals surface area (Å²) in [6.45, 7) is 4.76. The number of carboxylic acids is 1. The third kappa shape index (κ3) is 3.44. The molecule has 1 aliphatic rings. The molecule has 1 atom stereocenters. The second kappa shape index (κ2) is 6.02. The van der Waals surface area contributed by atoms with Crippen molar-refractivity contribution < 1.29 is 9.90 Å². The van der Waals surface area contributed by atoms with Gasteiger partial charge in [-0.3, -0.25) is 9.69 Å². The minimum Gasteiger partial charge on any atom is -0.478 e. The van der Waals surface area contributed by atoms with Gasteiger partial charge in [-0.2, -0.15) is 0 Å². The van der Waals surface area contributed by atoms with Crippen molar-refractivity contribution >= 4 is 5.97 Å². The molecule has 1 aromatic rings. The van der Waals surface area contributed by atoms with Gasteiger partial charge >= 0.3 is 5.97 Å². The summed E-state index contributed by atoms with van der Waals surface area (Å²) in [5.74, 6) is -1.00. The fourth-order valence-corrected chi connectivity index (χ4v) is 2.56. The smallest absolute Gasteiger partial charge is 0.337 e. The van der Waals surface area contributed by atoms with Gasteiger partial charge in [0, 0.05) is 24.8 Å². The molecular weight excluding hydrogens is 244 g/mol. The average Bonchev–Trinajstić information content (AvgIpc) is 2.42. The molecule has 1 unspecified atom stereocenters. The van der Waals surface area contributed by atoms with Crippen molar-refractivity contribution in [2.75, 3.05) is 13.1 Å². The molecule has 0 bridgehead atoms. The number of nitrogens with zero attached hydrogens (tertiary/aromatic N) is 2. The molecule has 0 aromatic carbocycles. The Morgan fingerprint density at radius 2 is 2.00 bits per heavy atom. The predicted octanol–water partition coefficient (Wildman–Crippen LogP) is 1.42. The number of aromatic carboxylic acids is 1. The lowest BCUT2D eigenvalue weighted by Crippen LogP contribution is -2.41. The maximum Gasteiger partial charge on any atom is 0.337 e. The van der Waals surface area contributed by atoms with Gasteiger partial charge in [0.05, 0.1) is 5.56 Å². The van der Waals surface area contributed by atoms with E-state index in [0.29, 0.717) is 6.54 Å². The third-order valence-corrected chi connectivity index (χ3v) is 3.71. The lowest BCUT2D eigenvalue weighted by Gasteiger charge is -2.32. The monoisotopic (exact) mass is 264 g/mol. The van der Waals surface area contributed by atoms with Gasteiger partial charge in [-0.05, 0) is 38.9 Å². The molecule has 0 amide bonds. The van der Waals surface area contributed by atoms with Crippen LogP contribution in [0.5, 0.6) is 0 Å². The molecule has 1 aromatic heterocycles. The third-order valence-electron chi connectivity index (χ3n) is 3.71. The van der Waals surface area contributed by atoms with Crippen LogP contribution in [0.15, 0.2) is 23.1 Å². The fraction of sp³-hybridized carbons (Fsp3) is 0.571. The van der Waals surface area contributed by atoms with Gasteiger partial charge < -0.3 is 9.67 Å². The van der Waals surface area contributed by atoms with Crippen LogP contribution in [0, 0.1) is 0 Å². The first-order valence-corrected chi connectivity index (χ1v) is 6.76. The highest BCUT2D eigenvalue weighted by molar-refractivity contribution is 5.87. The Morgan fingerprint density at radius 3 is 2.63 bits per heavy atom. The Balaban J connectivity index is 2.11. The van der Waals surface area contributed by atoms with E-state index in [9.17, 15) is 9.59 Å². The summed E-state index contributed by atoms with van der Waals surface area (Å²) in [6.07, 6.45) is 5.12. The first kappa shape index (κ1) is 13.8. The van der Waals surface area contributed by atoms with Crippen molar-refractivity contribution in [2.45, 2.75) is 38.8 Å². The van der Waals surface area contributed by atoms with Gasteiger partial charge in [0.1, 0.15) is 0 Å². The minimum atomic E-state index is -1.00. The summed E-state index contributed by atoms with van der Waals surface area (Å²) in [7, 11) is 0. The summed E-state index contributed by atoms with van der Waals surface area (Å²) >= 11 is 0. The average molecular weight is 264 g/mol. The molecule has 0 saturated carbocycles. The number of rotatable bonds is 4. The van der Waals surface area contributed by atoms with Crippen LogP contribution >= 0.6 is 0 Å². The first-order valence-electron chi connectivity index (χ1n) is 6.76. The lowest BCUT2D eigenvalue weighted by atomic mass is 10.1. The maximum absolute atomic E-state index is 11.8. The van der Waals surface area contributed by atoms with Crippen LogP contribution in [0.1, 0.15) is 36.5 Å². The van der Waals surface area contributed by atoms with E-state index in [0.717, 1.165) is 13.1 Å². The molecular formula is C14H20N2O3. The fourth-order valence-electron chi connectivity index (χ4n) is 2.56. The maximum atomic E-state index is 11.8. The molecule has 5 heteroatoms. The Kier molecular flexibility index (Phi) is 4.37. The Labute approximate surface area is 112 Å². The zero-order valence-electron chi connectivity index (χ0n) is 11.2. The molecule has 19 heavy (non-hydrogen) atoms. The highest BCUT2D eigenvalue weighted by atomic mass is 16.4. The number of likely N-dealkylation sites (tertiary alicyclic amines) is 1. The summed E-state index contributed by atoms with van der Waals surface area (Å²) in [5, 5.41) is 8.96. The zero-order valence-corrected chi connectivity index (χ0v) is 11.2. The van der Waals surface area contributed by atoms with Crippen molar-refractivity contribution in [3.05, 3.63) is 34.2 Å². The summed E-state index contributed by atoms with van der Waals surface area (Å²) in [6, 6.07) is 2.93.